The molecule has 0 bridgehead atoms. The molecule has 25 heavy (non-hydrogen) atoms. The molecule has 1 atom stereocenters. The standard InChI is InChI=1S/C19H17N3O3/c1-24-13-7-8-15-12(9-13)10-16(21-15)19(23)22-17(11-20)14-5-3-4-6-18(14)25-2/h3-10,17,21H,1-2H3,(H,22,23)/t17-/m1/s1. The van der Waals surface area contributed by atoms with Gasteiger partial charge in [-0.05, 0) is 30.3 Å². The molecule has 1 aromatic heterocycles. The maximum Gasteiger partial charge on any atom is 0.269 e. The number of nitrogens with zero attached hydrogens (tertiary/aromatic N) is 1. The smallest absolute Gasteiger partial charge is 0.269 e. The Morgan fingerprint density at radius 3 is 2.68 bits per heavy atom. The van der Waals surface area contributed by atoms with Gasteiger partial charge in [0.1, 0.15) is 23.2 Å². The van der Waals surface area contributed by atoms with Crippen molar-refractivity contribution in [2.24, 2.45) is 0 Å². The van der Waals surface area contributed by atoms with Crippen molar-refractivity contribution in [2.75, 3.05) is 14.2 Å². The van der Waals surface area contributed by atoms with Gasteiger partial charge in [-0.25, -0.2) is 0 Å². The van der Waals surface area contributed by atoms with Crippen molar-refractivity contribution in [3.63, 3.8) is 0 Å². The first-order chi connectivity index (χ1) is 12.2. The van der Waals surface area contributed by atoms with E-state index in [1.165, 1.54) is 7.11 Å². The van der Waals surface area contributed by atoms with E-state index in [4.69, 9.17) is 9.47 Å². The molecule has 0 fully saturated rings. The molecule has 0 aliphatic rings. The third-order valence-corrected chi connectivity index (χ3v) is 3.93. The Kier molecular flexibility index (Phi) is 4.57. The Morgan fingerprint density at radius 1 is 1.16 bits per heavy atom. The molecule has 1 amide bonds. The number of fused-ring (bicyclic) bond motifs is 1. The summed E-state index contributed by atoms with van der Waals surface area (Å²) in [4.78, 5) is 15.6. The number of nitriles is 1. The first kappa shape index (κ1) is 16.4. The van der Waals surface area contributed by atoms with E-state index in [-0.39, 0.29) is 5.91 Å². The van der Waals surface area contributed by atoms with Crippen LogP contribution >= 0.6 is 0 Å². The monoisotopic (exact) mass is 335 g/mol. The fourth-order valence-corrected chi connectivity index (χ4v) is 2.65. The Hall–Kier alpha value is -3.46. The Labute approximate surface area is 145 Å². The highest BCUT2D eigenvalue weighted by Gasteiger charge is 2.19. The topological polar surface area (TPSA) is 87.1 Å². The molecule has 0 unspecified atom stereocenters. The number of benzene rings is 2. The van der Waals surface area contributed by atoms with Crippen molar-refractivity contribution >= 4 is 16.8 Å². The predicted octanol–water partition coefficient (Wildman–Crippen LogP) is 3.18. The van der Waals surface area contributed by atoms with Crippen LogP contribution in [0.25, 0.3) is 10.9 Å². The molecule has 0 spiro atoms. The third kappa shape index (κ3) is 3.26. The normalized spacial score (nSPS) is 11.6. The van der Waals surface area contributed by atoms with Gasteiger partial charge in [-0.3, -0.25) is 4.79 Å². The highest BCUT2D eigenvalue weighted by molar-refractivity contribution is 5.98. The summed E-state index contributed by atoms with van der Waals surface area (Å²) in [5.41, 5.74) is 1.80. The summed E-state index contributed by atoms with van der Waals surface area (Å²) in [6.45, 7) is 0. The number of ether oxygens (including phenoxy) is 2. The number of carbonyl (C=O) groups excluding carboxylic acids is 1. The summed E-state index contributed by atoms with van der Waals surface area (Å²) >= 11 is 0. The molecule has 0 aliphatic heterocycles. The molecule has 0 saturated carbocycles. The van der Waals surface area contributed by atoms with Crippen LogP contribution in [0.2, 0.25) is 0 Å². The molecule has 2 N–H and O–H groups in total. The molecule has 6 heteroatoms. The lowest BCUT2D eigenvalue weighted by Crippen LogP contribution is -2.28. The lowest BCUT2D eigenvalue weighted by atomic mass is 10.1. The van der Waals surface area contributed by atoms with Gasteiger partial charge in [0.2, 0.25) is 0 Å². The van der Waals surface area contributed by atoms with Gasteiger partial charge in [0.25, 0.3) is 5.91 Å². The van der Waals surface area contributed by atoms with Gasteiger partial charge in [-0.2, -0.15) is 5.26 Å². The largest absolute Gasteiger partial charge is 0.497 e. The van der Waals surface area contributed by atoms with E-state index in [0.29, 0.717) is 22.8 Å². The van der Waals surface area contributed by atoms with Crippen molar-refractivity contribution in [1.82, 2.24) is 10.3 Å². The molecule has 3 aromatic rings. The van der Waals surface area contributed by atoms with Crippen LogP contribution in [0.1, 0.15) is 22.1 Å². The number of H-pyrrole nitrogens is 1. The zero-order valence-corrected chi connectivity index (χ0v) is 13.9. The van der Waals surface area contributed by atoms with Crippen molar-refractivity contribution in [3.8, 4) is 17.6 Å². The fraction of sp³-hybridized carbons (Fsp3) is 0.158. The fourth-order valence-electron chi connectivity index (χ4n) is 2.65. The number of aromatic amines is 1. The molecule has 6 nitrogen and oxygen atoms in total. The molecule has 2 aromatic carbocycles. The van der Waals surface area contributed by atoms with Gasteiger partial charge in [0.05, 0.1) is 20.3 Å². The Morgan fingerprint density at radius 2 is 1.96 bits per heavy atom. The zero-order chi connectivity index (χ0) is 17.8. The molecule has 3 rings (SSSR count). The average molecular weight is 335 g/mol. The lowest BCUT2D eigenvalue weighted by molar-refractivity contribution is 0.0940. The molecule has 0 radical (unpaired) electrons. The number of nitrogens with one attached hydrogen (secondary N) is 2. The minimum atomic E-state index is -0.815. The van der Waals surface area contributed by atoms with Gasteiger partial charge in [0, 0.05) is 16.5 Å². The Bertz CT molecular complexity index is 956. The van der Waals surface area contributed by atoms with Crippen molar-refractivity contribution in [3.05, 3.63) is 59.8 Å². The summed E-state index contributed by atoms with van der Waals surface area (Å²) in [5.74, 6) is 0.894. The first-order valence-corrected chi connectivity index (χ1v) is 7.66. The third-order valence-electron chi connectivity index (χ3n) is 3.93. The maximum atomic E-state index is 12.5. The number of hydrogen-bond acceptors (Lipinski definition) is 4. The molecule has 126 valence electrons. The zero-order valence-electron chi connectivity index (χ0n) is 13.9. The number of methoxy groups -OCH3 is 2. The highest BCUT2D eigenvalue weighted by atomic mass is 16.5. The van der Waals surface area contributed by atoms with E-state index in [9.17, 15) is 10.1 Å². The van der Waals surface area contributed by atoms with Crippen LogP contribution in [0.5, 0.6) is 11.5 Å². The van der Waals surface area contributed by atoms with Crippen LogP contribution < -0.4 is 14.8 Å². The van der Waals surface area contributed by atoms with Gasteiger partial charge in [0.15, 0.2) is 0 Å². The second-order valence-corrected chi connectivity index (χ2v) is 5.41. The quantitative estimate of drug-likeness (QED) is 0.750. The highest BCUT2D eigenvalue weighted by Crippen LogP contribution is 2.25. The lowest BCUT2D eigenvalue weighted by Gasteiger charge is -2.14. The Balaban J connectivity index is 1.86. The number of amides is 1. The summed E-state index contributed by atoms with van der Waals surface area (Å²) in [6.07, 6.45) is 0. The van der Waals surface area contributed by atoms with Gasteiger partial charge in [-0.15, -0.1) is 0 Å². The van der Waals surface area contributed by atoms with E-state index >= 15 is 0 Å². The number of para-hydroxylation sites is 1. The van der Waals surface area contributed by atoms with Crippen LogP contribution in [0, 0.1) is 11.3 Å². The summed E-state index contributed by atoms with van der Waals surface area (Å²) in [5, 5.41) is 13.0. The van der Waals surface area contributed by atoms with Gasteiger partial charge >= 0.3 is 0 Å². The number of hydrogen-bond donors (Lipinski definition) is 2. The van der Waals surface area contributed by atoms with Crippen LogP contribution in [0.3, 0.4) is 0 Å². The number of carbonyl (C=O) groups is 1. The average Bonchev–Trinajstić information content (AvgIpc) is 3.09. The summed E-state index contributed by atoms with van der Waals surface area (Å²) in [6, 6.07) is 15.6. The van der Waals surface area contributed by atoms with E-state index in [0.717, 1.165) is 10.9 Å². The SMILES string of the molecule is COc1ccc2[nH]c(C(=O)N[C@H](C#N)c3ccccc3OC)cc2c1. The van der Waals surface area contributed by atoms with E-state index < -0.39 is 6.04 Å². The molecule has 0 saturated heterocycles. The van der Waals surface area contributed by atoms with E-state index in [2.05, 4.69) is 16.4 Å². The second kappa shape index (κ2) is 6.97. The summed E-state index contributed by atoms with van der Waals surface area (Å²) < 4.78 is 10.5. The van der Waals surface area contributed by atoms with Crippen LogP contribution in [-0.2, 0) is 0 Å². The molecular weight excluding hydrogens is 318 g/mol. The van der Waals surface area contributed by atoms with Crippen molar-refractivity contribution in [1.29, 1.82) is 5.26 Å². The molecular formula is C19H17N3O3. The minimum Gasteiger partial charge on any atom is -0.497 e. The minimum absolute atomic E-state index is 0.368. The molecule has 1 heterocycles. The second-order valence-electron chi connectivity index (χ2n) is 5.41. The van der Waals surface area contributed by atoms with Crippen molar-refractivity contribution in [2.45, 2.75) is 6.04 Å². The van der Waals surface area contributed by atoms with Crippen LogP contribution in [0.15, 0.2) is 48.5 Å². The summed E-state index contributed by atoms with van der Waals surface area (Å²) in [7, 11) is 3.12. The number of rotatable bonds is 5. The van der Waals surface area contributed by atoms with E-state index in [1.807, 2.05) is 24.3 Å². The number of aromatic nitrogens is 1. The van der Waals surface area contributed by atoms with Crippen LogP contribution in [-0.4, -0.2) is 25.1 Å². The maximum absolute atomic E-state index is 12.5. The van der Waals surface area contributed by atoms with Gasteiger partial charge in [-0.1, -0.05) is 18.2 Å². The predicted molar refractivity (Wildman–Crippen MR) is 93.7 cm³/mol. The van der Waals surface area contributed by atoms with Crippen LogP contribution in [0.4, 0.5) is 0 Å². The first-order valence-electron chi connectivity index (χ1n) is 7.66. The van der Waals surface area contributed by atoms with E-state index in [1.54, 1.807) is 31.4 Å². The van der Waals surface area contributed by atoms with Gasteiger partial charge < -0.3 is 19.8 Å². The van der Waals surface area contributed by atoms with Crippen molar-refractivity contribution < 1.29 is 14.3 Å². The molecule has 0 aliphatic carbocycles.